The van der Waals surface area contributed by atoms with Gasteiger partial charge in [0.15, 0.2) is 0 Å². The smallest absolute Gasteiger partial charge is 0.272 e. The molecule has 0 radical (unpaired) electrons. The van der Waals surface area contributed by atoms with Crippen LogP contribution in [0.5, 0.6) is 0 Å². The third-order valence-electron chi connectivity index (χ3n) is 3.19. The number of rotatable bonds is 7. The van der Waals surface area contributed by atoms with Gasteiger partial charge in [-0.05, 0) is 6.07 Å². The van der Waals surface area contributed by atoms with E-state index in [9.17, 15) is 14.9 Å². The Hall–Kier alpha value is -2.78. The number of non-ortho nitro benzene ring substituents is 1. The molecule has 9 heteroatoms. The maximum absolute atomic E-state index is 12.3. The summed E-state index contributed by atoms with van der Waals surface area (Å²) in [4.78, 5) is 23.8. The Bertz CT molecular complexity index is 694. The van der Waals surface area contributed by atoms with E-state index < -0.39 is 10.8 Å². The van der Waals surface area contributed by atoms with Crippen LogP contribution in [0.4, 0.5) is 5.69 Å². The summed E-state index contributed by atoms with van der Waals surface area (Å²) in [6.45, 7) is -0.273. The molecule has 23 heavy (non-hydrogen) atoms. The maximum Gasteiger partial charge on any atom is 0.272 e. The number of hydrogen-bond donors (Lipinski definition) is 3. The highest BCUT2D eigenvalue weighted by atomic mass is 16.6. The first-order valence-electron chi connectivity index (χ1n) is 6.88. The van der Waals surface area contributed by atoms with E-state index in [4.69, 9.17) is 10.2 Å². The molecule has 2 aromatic rings. The molecule has 2 rings (SSSR count). The average Bonchev–Trinajstić information content (AvgIpc) is 3.04. The van der Waals surface area contributed by atoms with Crippen molar-refractivity contribution in [1.29, 1.82) is 0 Å². The lowest BCUT2D eigenvalue weighted by atomic mass is 10.1. The number of hydrogen-bond acceptors (Lipinski definition) is 6. The molecular weight excluding hydrogens is 304 g/mol. The van der Waals surface area contributed by atoms with E-state index >= 15 is 0 Å². The summed E-state index contributed by atoms with van der Waals surface area (Å²) < 4.78 is 0. The van der Waals surface area contributed by atoms with Gasteiger partial charge in [-0.2, -0.15) is 5.10 Å². The van der Waals surface area contributed by atoms with E-state index in [0.29, 0.717) is 11.3 Å². The Kier molecular flexibility index (Phi) is 5.39. The normalized spacial score (nSPS) is 10.5. The molecule has 0 spiro atoms. The molecule has 1 amide bonds. The summed E-state index contributed by atoms with van der Waals surface area (Å²) >= 11 is 0. The van der Waals surface area contributed by atoms with Gasteiger partial charge in [0.1, 0.15) is 5.69 Å². The minimum absolute atomic E-state index is 0.0689. The van der Waals surface area contributed by atoms with Crippen molar-refractivity contribution in [3.63, 3.8) is 0 Å². The summed E-state index contributed by atoms with van der Waals surface area (Å²) in [7, 11) is 0. The van der Waals surface area contributed by atoms with Gasteiger partial charge < -0.3 is 15.1 Å². The number of aromatic amines is 1. The Morgan fingerprint density at radius 2 is 1.96 bits per heavy atom. The Morgan fingerprint density at radius 3 is 2.57 bits per heavy atom. The molecule has 1 heterocycles. The van der Waals surface area contributed by atoms with E-state index in [0.717, 1.165) is 0 Å². The number of nitro benzene ring substituents is 1. The first-order chi connectivity index (χ1) is 11.1. The molecule has 0 fully saturated rings. The third kappa shape index (κ3) is 3.90. The van der Waals surface area contributed by atoms with Crippen molar-refractivity contribution in [1.82, 2.24) is 15.1 Å². The molecule has 1 aromatic carbocycles. The summed E-state index contributed by atoms with van der Waals surface area (Å²) in [5.41, 5.74) is 1.00. The fourth-order valence-corrected chi connectivity index (χ4v) is 2.08. The maximum atomic E-state index is 12.3. The Morgan fingerprint density at radius 1 is 1.26 bits per heavy atom. The number of nitro groups is 1. The van der Waals surface area contributed by atoms with Gasteiger partial charge in [-0.15, -0.1) is 0 Å². The highest BCUT2D eigenvalue weighted by molar-refractivity contribution is 5.93. The lowest BCUT2D eigenvalue weighted by Gasteiger charge is -2.19. The van der Waals surface area contributed by atoms with Gasteiger partial charge in [0.25, 0.3) is 11.6 Å². The average molecular weight is 320 g/mol. The van der Waals surface area contributed by atoms with E-state index in [1.807, 2.05) is 0 Å². The number of benzene rings is 1. The van der Waals surface area contributed by atoms with Crippen LogP contribution in [0.3, 0.4) is 0 Å². The predicted octanol–water partition coefficient (Wildman–Crippen LogP) is 0.412. The van der Waals surface area contributed by atoms with Crippen LogP contribution >= 0.6 is 0 Å². The van der Waals surface area contributed by atoms with Crippen LogP contribution in [0.25, 0.3) is 11.3 Å². The quantitative estimate of drug-likeness (QED) is 0.500. The predicted molar refractivity (Wildman–Crippen MR) is 80.8 cm³/mol. The number of amides is 1. The summed E-state index contributed by atoms with van der Waals surface area (Å²) in [5, 5.41) is 35.3. The molecule has 0 aliphatic rings. The molecule has 9 nitrogen and oxygen atoms in total. The number of H-pyrrole nitrogens is 1. The van der Waals surface area contributed by atoms with Crippen LogP contribution in [0, 0.1) is 10.1 Å². The van der Waals surface area contributed by atoms with Crippen LogP contribution in [0.15, 0.2) is 30.3 Å². The summed E-state index contributed by atoms with van der Waals surface area (Å²) in [6.07, 6.45) is 0. The molecule has 122 valence electrons. The molecule has 0 bridgehead atoms. The van der Waals surface area contributed by atoms with Crippen LogP contribution in [0.1, 0.15) is 10.5 Å². The van der Waals surface area contributed by atoms with E-state index in [1.165, 1.54) is 29.2 Å². The van der Waals surface area contributed by atoms with Gasteiger partial charge in [-0.3, -0.25) is 20.0 Å². The molecule has 0 aliphatic carbocycles. The molecular formula is C14H16N4O5. The zero-order valence-electron chi connectivity index (χ0n) is 12.2. The molecule has 0 unspecified atom stereocenters. The van der Waals surface area contributed by atoms with Crippen LogP contribution in [-0.4, -0.2) is 62.4 Å². The second kappa shape index (κ2) is 7.47. The van der Waals surface area contributed by atoms with E-state index in [2.05, 4.69) is 10.2 Å². The van der Waals surface area contributed by atoms with Gasteiger partial charge in [0, 0.05) is 30.8 Å². The van der Waals surface area contributed by atoms with Crippen molar-refractivity contribution in [2.24, 2.45) is 0 Å². The largest absolute Gasteiger partial charge is 0.395 e. The van der Waals surface area contributed by atoms with Gasteiger partial charge >= 0.3 is 0 Å². The SMILES string of the molecule is O=C(c1cc(-c2cccc([N+](=O)[O-])c2)n[nH]1)N(CCO)CCO. The summed E-state index contributed by atoms with van der Waals surface area (Å²) in [5.74, 6) is -0.419. The highest BCUT2D eigenvalue weighted by Crippen LogP contribution is 2.23. The van der Waals surface area contributed by atoms with Gasteiger partial charge in [-0.25, -0.2) is 0 Å². The third-order valence-corrected chi connectivity index (χ3v) is 3.19. The molecule has 3 N–H and O–H groups in total. The summed E-state index contributed by atoms with van der Waals surface area (Å²) in [6, 6.07) is 7.39. The minimum atomic E-state index is -0.507. The second-order valence-electron chi connectivity index (χ2n) is 4.71. The first-order valence-corrected chi connectivity index (χ1v) is 6.88. The van der Waals surface area contributed by atoms with Crippen molar-refractivity contribution in [2.75, 3.05) is 26.3 Å². The van der Waals surface area contributed by atoms with E-state index in [-0.39, 0.29) is 37.7 Å². The number of carbonyl (C=O) groups excluding carboxylic acids is 1. The Balaban J connectivity index is 2.24. The van der Waals surface area contributed by atoms with Gasteiger partial charge in [-0.1, -0.05) is 12.1 Å². The van der Waals surface area contributed by atoms with Crippen molar-refractivity contribution in [3.05, 3.63) is 46.1 Å². The lowest BCUT2D eigenvalue weighted by Crippen LogP contribution is -2.36. The Labute approximate surface area is 131 Å². The van der Waals surface area contributed by atoms with Crippen LogP contribution < -0.4 is 0 Å². The zero-order chi connectivity index (χ0) is 16.8. The number of carbonyl (C=O) groups is 1. The zero-order valence-corrected chi connectivity index (χ0v) is 12.2. The van der Waals surface area contributed by atoms with Crippen LogP contribution in [0.2, 0.25) is 0 Å². The standard InChI is InChI=1S/C14H16N4O5/c19-6-4-17(5-7-20)14(21)13-9-12(15-16-13)10-2-1-3-11(8-10)18(22)23/h1-3,8-9,19-20H,4-7H2,(H,15,16). The number of aliphatic hydroxyl groups excluding tert-OH is 2. The van der Waals surface area contributed by atoms with Crippen molar-refractivity contribution >= 4 is 11.6 Å². The number of nitrogens with zero attached hydrogens (tertiary/aromatic N) is 3. The molecule has 0 atom stereocenters. The monoisotopic (exact) mass is 320 g/mol. The highest BCUT2D eigenvalue weighted by Gasteiger charge is 2.18. The molecule has 1 aromatic heterocycles. The number of nitrogens with one attached hydrogen (secondary N) is 1. The molecule has 0 saturated heterocycles. The van der Waals surface area contributed by atoms with Crippen molar-refractivity contribution < 1.29 is 19.9 Å². The molecule has 0 aliphatic heterocycles. The van der Waals surface area contributed by atoms with Crippen molar-refractivity contribution in [3.8, 4) is 11.3 Å². The lowest BCUT2D eigenvalue weighted by molar-refractivity contribution is -0.384. The van der Waals surface area contributed by atoms with E-state index in [1.54, 1.807) is 6.07 Å². The van der Waals surface area contributed by atoms with Gasteiger partial charge in [0.05, 0.1) is 23.8 Å². The fraction of sp³-hybridized carbons (Fsp3) is 0.286. The van der Waals surface area contributed by atoms with Gasteiger partial charge in [0.2, 0.25) is 0 Å². The number of aliphatic hydroxyl groups is 2. The molecule has 0 saturated carbocycles. The topological polar surface area (TPSA) is 133 Å². The minimum Gasteiger partial charge on any atom is -0.395 e. The fourth-order valence-electron chi connectivity index (χ4n) is 2.08. The number of aromatic nitrogens is 2. The first kappa shape index (κ1) is 16.6. The van der Waals surface area contributed by atoms with Crippen molar-refractivity contribution in [2.45, 2.75) is 0 Å². The second-order valence-corrected chi connectivity index (χ2v) is 4.71. The van der Waals surface area contributed by atoms with Crippen LogP contribution in [-0.2, 0) is 0 Å².